The lowest BCUT2D eigenvalue weighted by Gasteiger charge is -2.21. The Morgan fingerprint density at radius 2 is 1.54 bits per heavy atom. The van der Waals surface area contributed by atoms with Gasteiger partial charge >= 0.3 is 15.2 Å². The third kappa shape index (κ3) is 3.03. The molecule has 0 spiro atoms. The topological polar surface area (TPSA) is 82.1 Å². The Hall–Kier alpha value is 0.590. The van der Waals surface area contributed by atoms with E-state index in [0.717, 1.165) is 21.3 Å². The second-order valence-corrected chi connectivity index (χ2v) is 7.75. The van der Waals surface area contributed by atoms with Gasteiger partial charge in [0, 0.05) is 21.3 Å². The molecule has 0 aromatic carbocycles. The maximum absolute atomic E-state index is 11.5. The van der Waals surface area contributed by atoms with E-state index in [4.69, 9.17) is 16.5 Å². The highest BCUT2D eigenvalue weighted by Crippen LogP contribution is 2.68. The third-order valence-electron chi connectivity index (χ3n) is 1.30. The quantitative estimate of drug-likeness (QED) is 0.594. The van der Waals surface area contributed by atoms with Gasteiger partial charge in [0.05, 0.1) is 0 Å². The Balaban J connectivity index is 4.87. The average molecular weight is 253 g/mol. The minimum atomic E-state index is -4.17. The fourth-order valence-corrected chi connectivity index (χ4v) is 4.18. The normalized spacial score (nSPS) is 19.5. The Labute approximate surface area is 81.2 Å². The van der Waals surface area contributed by atoms with Crippen LogP contribution >= 0.6 is 26.8 Å². The Morgan fingerprint density at radius 3 is 1.77 bits per heavy atom. The number of rotatable bonds is 5. The van der Waals surface area contributed by atoms with Crippen LogP contribution in [0.4, 0.5) is 0 Å². The van der Waals surface area contributed by atoms with Crippen LogP contribution < -0.4 is 0 Å². The molecule has 0 aliphatic rings. The minimum absolute atomic E-state index is 0.978. The smallest absolute Gasteiger partial charge is 0.323 e. The van der Waals surface area contributed by atoms with Crippen molar-refractivity contribution in [1.82, 2.24) is 0 Å². The molecular weight excluding hydrogens is 241 g/mol. The molecule has 0 saturated carbocycles. The van der Waals surface area contributed by atoms with Gasteiger partial charge in [-0.25, -0.2) is 0 Å². The van der Waals surface area contributed by atoms with Crippen LogP contribution in [0.2, 0.25) is 0 Å². The number of alkyl halides is 1. The average Bonchev–Trinajstić information content (AvgIpc) is 2.15. The Bertz CT molecular complexity index is 247. The molecule has 0 aromatic heterocycles. The molecule has 0 aliphatic heterocycles. The van der Waals surface area contributed by atoms with E-state index in [1.165, 1.54) is 0 Å². The summed E-state index contributed by atoms with van der Waals surface area (Å²) in [4.78, 5) is 7.34. The lowest BCUT2D eigenvalue weighted by molar-refractivity contribution is 0.268. The SMILES string of the molecule is COP(=O)(O)C(Cl)P(=O)(OC)OC. The zero-order valence-corrected chi connectivity index (χ0v) is 9.88. The zero-order valence-electron chi connectivity index (χ0n) is 7.34. The van der Waals surface area contributed by atoms with E-state index < -0.39 is 20.1 Å². The maximum atomic E-state index is 11.5. The summed E-state index contributed by atoms with van der Waals surface area (Å²) in [6, 6.07) is 0. The van der Waals surface area contributed by atoms with Crippen molar-refractivity contribution in [1.29, 1.82) is 0 Å². The molecule has 0 aromatic rings. The van der Waals surface area contributed by atoms with Crippen molar-refractivity contribution in [3.63, 3.8) is 0 Å². The van der Waals surface area contributed by atoms with Crippen LogP contribution in [-0.2, 0) is 22.7 Å². The fraction of sp³-hybridized carbons (Fsp3) is 1.00. The monoisotopic (exact) mass is 252 g/mol. The maximum Gasteiger partial charge on any atom is 0.360 e. The first-order chi connectivity index (χ1) is 5.84. The van der Waals surface area contributed by atoms with Crippen molar-refractivity contribution in [3.05, 3.63) is 0 Å². The van der Waals surface area contributed by atoms with Gasteiger partial charge in [-0.2, -0.15) is 0 Å². The van der Waals surface area contributed by atoms with Gasteiger partial charge in [0.1, 0.15) is 0 Å². The first-order valence-corrected chi connectivity index (χ1v) is 6.77. The summed E-state index contributed by atoms with van der Waals surface area (Å²) in [5, 5.41) is 0. The molecule has 2 unspecified atom stereocenters. The first-order valence-electron chi connectivity index (χ1n) is 3.07. The number of halogens is 1. The van der Waals surface area contributed by atoms with Crippen LogP contribution in [0.5, 0.6) is 0 Å². The zero-order chi connectivity index (χ0) is 10.7. The molecule has 0 bridgehead atoms. The minimum Gasteiger partial charge on any atom is -0.323 e. The van der Waals surface area contributed by atoms with Gasteiger partial charge in [-0.15, -0.1) is 0 Å². The fourth-order valence-electron chi connectivity index (χ4n) is 0.514. The molecule has 1 N–H and O–H groups in total. The molecule has 0 heterocycles. The predicted molar refractivity (Wildman–Crippen MR) is 48.1 cm³/mol. The Kier molecular flexibility index (Phi) is 5.12. The lowest BCUT2D eigenvalue weighted by atomic mass is 11.8. The summed E-state index contributed by atoms with van der Waals surface area (Å²) in [6.07, 6.45) is 0. The van der Waals surface area contributed by atoms with Crippen molar-refractivity contribution < 1.29 is 27.6 Å². The van der Waals surface area contributed by atoms with Gasteiger partial charge in [0.25, 0.3) is 0 Å². The Morgan fingerprint density at radius 1 is 1.15 bits per heavy atom. The van der Waals surface area contributed by atoms with Gasteiger partial charge in [0.15, 0.2) is 0 Å². The summed E-state index contributed by atoms with van der Waals surface area (Å²) < 4.78 is 35.6. The standard InChI is InChI=1S/C4H11ClO6P2/c1-9-12(6,7)4(5)13(8,10-2)11-3/h4H,1-3H3,(H,6,7). The highest BCUT2D eigenvalue weighted by Gasteiger charge is 2.46. The highest BCUT2D eigenvalue weighted by molar-refractivity contribution is 7.74. The molecule has 0 aliphatic carbocycles. The van der Waals surface area contributed by atoms with E-state index in [0.29, 0.717) is 0 Å². The van der Waals surface area contributed by atoms with Crippen LogP contribution in [-0.4, -0.2) is 31.1 Å². The first kappa shape index (κ1) is 13.6. The van der Waals surface area contributed by atoms with Crippen LogP contribution in [0.25, 0.3) is 0 Å². The largest absolute Gasteiger partial charge is 0.360 e. The van der Waals surface area contributed by atoms with Crippen molar-refractivity contribution in [3.8, 4) is 0 Å². The summed E-state index contributed by atoms with van der Waals surface area (Å²) in [6.45, 7) is 0. The molecule has 0 rings (SSSR count). The van der Waals surface area contributed by atoms with E-state index in [9.17, 15) is 9.13 Å². The summed E-state index contributed by atoms with van der Waals surface area (Å²) in [5.41, 5.74) is 0. The molecule has 13 heavy (non-hydrogen) atoms. The number of hydrogen-bond acceptors (Lipinski definition) is 5. The molecule has 0 fully saturated rings. The molecule has 2 atom stereocenters. The van der Waals surface area contributed by atoms with Gasteiger partial charge in [-0.3, -0.25) is 9.13 Å². The van der Waals surface area contributed by atoms with Crippen molar-refractivity contribution in [2.45, 2.75) is 4.86 Å². The highest BCUT2D eigenvalue weighted by atomic mass is 35.5. The van der Waals surface area contributed by atoms with E-state index in [1.807, 2.05) is 0 Å². The molecule has 9 heteroatoms. The van der Waals surface area contributed by atoms with Gasteiger partial charge in [-0.1, -0.05) is 11.6 Å². The van der Waals surface area contributed by atoms with Crippen molar-refractivity contribution >= 4 is 26.8 Å². The summed E-state index contributed by atoms with van der Waals surface area (Å²) in [7, 11) is -4.84. The second-order valence-electron chi connectivity index (χ2n) is 1.96. The molecule has 6 nitrogen and oxygen atoms in total. The van der Waals surface area contributed by atoms with Crippen molar-refractivity contribution in [2.75, 3.05) is 21.3 Å². The van der Waals surface area contributed by atoms with E-state index >= 15 is 0 Å². The van der Waals surface area contributed by atoms with Gasteiger partial charge in [-0.05, 0) is 0 Å². The van der Waals surface area contributed by atoms with Gasteiger partial charge < -0.3 is 18.5 Å². The van der Waals surface area contributed by atoms with E-state index in [-0.39, 0.29) is 0 Å². The summed E-state index contributed by atoms with van der Waals surface area (Å²) >= 11 is 5.43. The molecular formula is C4H11ClO6P2. The number of hydrogen-bond donors (Lipinski definition) is 1. The third-order valence-corrected chi connectivity index (χ3v) is 7.08. The van der Waals surface area contributed by atoms with E-state index in [2.05, 4.69) is 13.6 Å². The van der Waals surface area contributed by atoms with Gasteiger partial charge in [0.2, 0.25) is 4.86 Å². The van der Waals surface area contributed by atoms with Crippen LogP contribution in [0.3, 0.4) is 0 Å². The van der Waals surface area contributed by atoms with Crippen LogP contribution in [0.1, 0.15) is 0 Å². The molecule has 80 valence electrons. The molecule has 0 radical (unpaired) electrons. The van der Waals surface area contributed by atoms with Crippen LogP contribution in [0, 0.1) is 0 Å². The van der Waals surface area contributed by atoms with Crippen molar-refractivity contribution in [2.24, 2.45) is 0 Å². The van der Waals surface area contributed by atoms with Crippen LogP contribution in [0.15, 0.2) is 0 Å². The molecule has 0 amide bonds. The lowest BCUT2D eigenvalue weighted by Crippen LogP contribution is -2.06. The second kappa shape index (κ2) is 4.89. The van der Waals surface area contributed by atoms with E-state index in [1.54, 1.807) is 0 Å². The molecule has 0 saturated heterocycles. The summed E-state index contributed by atoms with van der Waals surface area (Å²) in [5.74, 6) is 0. The predicted octanol–water partition coefficient (Wildman–Crippen LogP) is 1.83.